The summed E-state index contributed by atoms with van der Waals surface area (Å²) in [6.45, 7) is -0.220. The minimum atomic E-state index is -4.06. The molecule has 70 valence electrons. The van der Waals surface area contributed by atoms with E-state index in [0.717, 1.165) is 19.3 Å². The first-order valence-electron chi connectivity index (χ1n) is 4.21. The predicted molar refractivity (Wildman–Crippen MR) is 36.6 cm³/mol. The van der Waals surface area contributed by atoms with Gasteiger partial charge in [-0.25, -0.2) is 0 Å². The summed E-state index contributed by atoms with van der Waals surface area (Å²) in [5.74, 6) is -0.161. The molecule has 1 heterocycles. The van der Waals surface area contributed by atoms with Gasteiger partial charge in [-0.2, -0.15) is 13.2 Å². The molecule has 2 fully saturated rings. The molecule has 0 spiro atoms. The standard InChI is InChI=1S/C8H11F3O/c9-8(10,11)7(4-12-5-7)6-2-1-3-6/h6H,1-5H2. The second-order valence-corrected chi connectivity index (χ2v) is 3.77. The van der Waals surface area contributed by atoms with E-state index in [0.29, 0.717) is 0 Å². The summed E-state index contributed by atoms with van der Waals surface area (Å²) in [5.41, 5.74) is -1.47. The maximum atomic E-state index is 12.5. The van der Waals surface area contributed by atoms with E-state index in [1.165, 1.54) is 0 Å². The molecule has 2 rings (SSSR count). The largest absolute Gasteiger partial charge is 0.399 e. The van der Waals surface area contributed by atoms with Gasteiger partial charge in [-0.05, 0) is 18.8 Å². The second-order valence-electron chi connectivity index (χ2n) is 3.77. The molecule has 0 aromatic rings. The summed E-state index contributed by atoms with van der Waals surface area (Å²) in [7, 11) is 0. The monoisotopic (exact) mass is 180 g/mol. The molecule has 0 atom stereocenters. The van der Waals surface area contributed by atoms with E-state index in [1.807, 2.05) is 0 Å². The van der Waals surface area contributed by atoms with Crippen LogP contribution in [-0.4, -0.2) is 19.4 Å². The predicted octanol–water partition coefficient (Wildman–Crippen LogP) is 2.37. The van der Waals surface area contributed by atoms with Crippen LogP contribution in [0.1, 0.15) is 19.3 Å². The lowest BCUT2D eigenvalue weighted by Crippen LogP contribution is -2.59. The molecule has 0 aromatic heterocycles. The van der Waals surface area contributed by atoms with Gasteiger partial charge in [0.2, 0.25) is 0 Å². The van der Waals surface area contributed by atoms with Gasteiger partial charge in [0.25, 0.3) is 0 Å². The van der Waals surface area contributed by atoms with Crippen LogP contribution < -0.4 is 0 Å². The summed E-state index contributed by atoms with van der Waals surface area (Å²) < 4.78 is 42.3. The second kappa shape index (κ2) is 2.37. The highest BCUT2D eigenvalue weighted by molar-refractivity contribution is 5.00. The fourth-order valence-electron chi connectivity index (χ4n) is 1.91. The van der Waals surface area contributed by atoms with Crippen LogP contribution in [-0.2, 0) is 4.74 Å². The van der Waals surface area contributed by atoms with Crippen LogP contribution in [0.5, 0.6) is 0 Å². The van der Waals surface area contributed by atoms with Crippen LogP contribution in [0, 0.1) is 11.3 Å². The van der Waals surface area contributed by atoms with E-state index in [1.54, 1.807) is 0 Å². The lowest BCUT2D eigenvalue weighted by molar-refractivity contribution is -0.330. The number of alkyl halides is 3. The lowest BCUT2D eigenvalue weighted by Gasteiger charge is -2.51. The summed E-state index contributed by atoms with van der Waals surface area (Å²) in [4.78, 5) is 0. The SMILES string of the molecule is FC(F)(F)C1(C2CCC2)COC1. The van der Waals surface area contributed by atoms with Crippen molar-refractivity contribution in [2.45, 2.75) is 25.4 Å². The maximum absolute atomic E-state index is 12.5. The minimum absolute atomic E-state index is 0.110. The fraction of sp³-hybridized carbons (Fsp3) is 1.00. The molecule has 4 heteroatoms. The molecule has 2 aliphatic rings. The molecule has 1 nitrogen and oxygen atoms in total. The Balaban J connectivity index is 2.12. The van der Waals surface area contributed by atoms with Crippen molar-refractivity contribution >= 4 is 0 Å². The Morgan fingerprint density at radius 2 is 1.75 bits per heavy atom. The number of rotatable bonds is 1. The highest BCUT2D eigenvalue weighted by Crippen LogP contribution is 2.55. The van der Waals surface area contributed by atoms with Crippen molar-refractivity contribution in [2.75, 3.05) is 13.2 Å². The zero-order chi connectivity index (χ0) is 8.82. The van der Waals surface area contributed by atoms with Crippen LogP contribution in [0.25, 0.3) is 0 Å². The molecule has 1 saturated carbocycles. The third-order valence-electron chi connectivity index (χ3n) is 3.17. The molecule has 0 bridgehead atoms. The Hall–Kier alpha value is -0.250. The average Bonchev–Trinajstić information content (AvgIpc) is 1.68. The molecule has 0 aromatic carbocycles. The molecule has 0 radical (unpaired) electrons. The molecular formula is C8H11F3O. The minimum Gasteiger partial charge on any atom is -0.379 e. The Labute approximate surface area is 68.9 Å². The van der Waals surface area contributed by atoms with E-state index in [9.17, 15) is 13.2 Å². The third-order valence-corrected chi connectivity index (χ3v) is 3.17. The van der Waals surface area contributed by atoms with Gasteiger partial charge in [-0.3, -0.25) is 0 Å². The van der Waals surface area contributed by atoms with Gasteiger partial charge < -0.3 is 4.74 Å². The van der Waals surface area contributed by atoms with Crippen molar-refractivity contribution in [2.24, 2.45) is 11.3 Å². The van der Waals surface area contributed by atoms with Gasteiger partial charge in [-0.1, -0.05) is 6.42 Å². The molecule has 0 amide bonds. The van der Waals surface area contributed by atoms with Gasteiger partial charge in [0.1, 0.15) is 5.41 Å². The van der Waals surface area contributed by atoms with Crippen molar-refractivity contribution in [1.82, 2.24) is 0 Å². The van der Waals surface area contributed by atoms with Crippen LogP contribution in [0.3, 0.4) is 0 Å². The maximum Gasteiger partial charge on any atom is 0.399 e. The highest BCUT2D eigenvalue weighted by atomic mass is 19.4. The molecule has 12 heavy (non-hydrogen) atoms. The van der Waals surface area contributed by atoms with Crippen molar-refractivity contribution in [3.8, 4) is 0 Å². The molecule has 1 aliphatic heterocycles. The summed E-state index contributed by atoms with van der Waals surface area (Å²) in [6.07, 6.45) is -1.66. The molecule has 0 unspecified atom stereocenters. The zero-order valence-electron chi connectivity index (χ0n) is 6.66. The molecule has 1 aliphatic carbocycles. The van der Waals surface area contributed by atoms with Crippen LogP contribution >= 0.6 is 0 Å². The first-order chi connectivity index (χ1) is 5.56. The van der Waals surface area contributed by atoms with Gasteiger partial charge in [0, 0.05) is 0 Å². The van der Waals surface area contributed by atoms with E-state index in [-0.39, 0.29) is 19.1 Å². The Morgan fingerprint density at radius 3 is 1.83 bits per heavy atom. The van der Waals surface area contributed by atoms with Crippen molar-refractivity contribution in [3.63, 3.8) is 0 Å². The number of halogens is 3. The van der Waals surface area contributed by atoms with Gasteiger partial charge in [-0.15, -0.1) is 0 Å². The number of hydrogen-bond acceptors (Lipinski definition) is 1. The summed E-state index contributed by atoms with van der Waals surface area (Å²) >= 11 is 0. The fourth-order valence-corrected chi connectivity index (χ4v) is 1.91. The Kier molecular flexibility index (Phi) is 1.65. The average molecular weight is 180 g/mol. The number of ether oxygens (including phenoxy) is 1. The first-order valence-corrected chi connectivity index (χ1v) is 4.21. The van der Waals surface area contributed by atoms with Crippen molar-refractivity contribution < 1.29 is 17.9 Å². The topological polar surface area (TPSA) is 9.23 Å². The van der Waals surface area contributed by atoms with Gasteiger partial charge in [0.15, 0.2) is 0 Å². The van der Waals surface area contributed by atoms with Crippen LogP contribution in [0.4, 0.5) is 13.2 Å². The molecular weight excluding hydrogens is 169 g/mol. The van der Waals surface area contributed by atoms with Crippen LogP contribution in [0.15, 0.2) is 0 Å². The van der Waals surface area contributed by atoms with Gasteiger partial charge >= 0.3 is 6.18 Å². The summed E-state index contributed by atoms with van der Waals surface area (Å²) in [6, 6.07) is 0. The normalized spacial score (nSPS) is 29.2. The van der Waals surface area contributed by atoms with Gasteiger partial charge in [0.05, 0.1) is 13.2 Å². The summed E-state index contributed by atoms with van der Waals surface area (Å²) in [5, 5.41) is 0. The van der Waals surface area contributed by atoms with E-state index < -0.39 is 11.6 Å². The first kappa shape index (κ1) is 8.35. The molecule has 0 N–H and O–H groups in total. The Morgan fingerprint density at radius 1 is 1.17 bits per heavy atom. The quantitative estimate of drug-likeness (QED) is 0.602. The third kappa shape index (κ3) is 0.903. The van der Waals surface area contributed by atoms with Crippen LogP contribution in [0.2, 0.25) is 0 Å². The van der Waals surface area contributed by atoms with E-state index in [2.05, 4.69) is 0 Å². The number of hydrogen-bond donors (Lipinski definition) is 0. The van der Waals surface area contributed by atoms with Crippen molar-refractivity contribution in [1.29, 1.82) is 0 Å². The highest BCUT2D eigenvalue weighted by Gasteiger charge is 2.64. The van der Waals surface area contributed by atoms with E-state index in [4.69, 9.17) is 4.74 Å². The van der Waals surface area contributed by atoms with Crippen molar-refractivity contribution in [3.05, 3.63) is 0 Å². The van der Waals surface area contributed by atoms with E-state index >= 15 is 0 Å². The molecule has 1 saturated heterocycles. The smallest absolute Gasteiger partial charge is 0.379 e. The zero-order valence-corrected chi connectivity index (χ0v) is 6.66. The lowest BCUT2D eigenvalue weighted by atomic mass is 9.63. The Bertz CT molecular complexity index is 179.